The van der Waals surface area contributed by atoms with Crippen molar-refractivity contribution in [2.45, 2.75) is 33.4 Å². The van der Waals surface area contributed by atoms with Crippen molar-refractivity contribution in [1.82, 2.24) is 15.3 Å². The predicted octanol–water partition coefficient (Wildman–Crippen LogP) is 3.43. The summed E-state index contributed by atoms with van der Waals surface area (Å²) in [5.41, 5.74) is 2.17. The molecule has 3 rings (SSSR count). The second-order valence-corrected chi connectivity index (χ2v) is 7.32. The van der Waals surface area contributed by atoms with Crippen LogP contribution in [-0.4, -0.2) is 29.0 Å². The van der Waals surface area contributed by atoms with Crippen LogP contribution in [0.15, 0.2) is 30.6 Å². The van der Waals surface area contributed by atoms with Crippen LogP contribution in [0.2, 0.25) is 0 Å². The Bertz CT molecular complexity index is 921. The van der Waals surface area contributed by atoms with E-state index >= 15 is 0 Å². The van der Waals surface area contributed by atoms with E-state index in [1.54, 1.807) is 18.4 Å². The highest BCUT2D eigenvalue weighted by atomic mass is 32.1. The van der Waals surface area contributed by atoms with E-state index < -0.39 is 6.04 Å². The SMILES string of the molecule is COc1ccc(CNC(=O)[C@@H](C)Nc2ncnc3sc(C)c(C)c23)cc1. The first-order chi connectivity index (χ1) is 12.5. The molecular weight excluding hydrogens is 348 g/mol. The molecule has 0 unspecified atom stereocenters. The van der Waals surface area contributed by atoms with Gasteiger partial charge < -0.3 is 15.4 Å². The Labute approximate surface area is 156 Å². The summed E-state index contributed by atoms with van der Waals surface area (Å²) in [7, 11) is 1.63. The van der Waals surface area contributed by atoms with Gasteiger partial charge in [0.05, 0.1) is 12.5 Å². The van der Waals surface area contributed by atoms with Crippen LogP contribution in [-0.2, 0) is 11.3 Å². The Morgan fingerprint density at radius 2 is 1.96 bits per heavy atom. The minimum absolute atomic E-state index is 0.0859. The lowest BCUT2D eigenvalue weighted by Gasteiger charge is -2.15. The molecular formula is C19H22N4O2S. The van der Waals surface area contributed by atoms with Gasteiger partial charge in [0.1, 0.15) is 28.8 Å². The van der Waals surface area contributed by atoms with E-state index in [2.05, 4.69) is 34.4 Å². The summed E-state index contributed by atoms with van der Waals surface area (Å²) >= 11 is 1.64. The minimum Gasteiger partial charge on any atom is -0.497 e. The molecule has 0 saturated heterocycles. The monoisotopic (exact) mass is 370 g/mol. The van der Waals surface area contributed by atoms with Gasteiger partial charge in [-0.3, -0.25) is 4.79 Å². The molecule has 0 radical (unpaired) electrons. The van der Waals surface area contributed by atoms with Gasteiger partial charge in [0.2, 0.25) is 5.91 Å². The molecule has 2 N–H and O–H groups in total. The van der Waals surface area contributed by atoms with E-state index in [1.807, 2.05) is 31.2 Å². The van der Waals surface area contributed by atoms with Crippen molar-refractivity contribution >= 4 is 33.3 Å². The first-order valence-electron chi connectivity index (χ1n) is 8.37. The fraction of sp³-hybridized carbons (Fsp3) is 0.316. The van der Waals surface area contributed by atoms with Crippen molar-refractivity contribution in [2.75, 3.05) is 12.4 Å². The van der Waals surface area contributed by atoms with Crippen molar-refractivity contribution in [3.8, 4) is 5.75 Å². The number of rotatable bonds is 6. The first kappa shape index (κ1) is 18.1. The highest BCUT2D eigenvalue weighted by molar-refractivity contribution is 7.18. The Morgan fingerprint density at radius 1 is 1.23 bits per heavy atom. The fourth-order valence-corrected chi connectivity index (χ4v) is 3.64. The molecule has 2 heterocycles. The van der Waals surface area contributed by atoms with Crippen LogP contribution in [0.25, 0.3) is 10.2 Å². The molecule has 0 fully saturated rings. The van der Waals surface area contributed by atoms with Crippen LogP contribution in [0.4, 0.5) is 5.82 Å². The predicted molar refractivity (Wildman–Crippen MR) is 105 cm³/mol. The highest BCUT2D eigenvalue weighted by Gasteiger charge is 2.17. The molecule has 1 aromatic carbocycles. The number of hydrogen-bond donors (Lipinski definition) is 2. The van der Waals surface area contributed by atoms with Crippen molar-refractivity contribution < 1.29 is 9.53 Å². The maximum atomic E-state index is 12.4. The number of carbonyl (C=O) groups is 1. The number of amides is 1. The molecule has 0 aliphatic heterocycles. The van der Waals surface area contributed by atoms with Gasteiger partial charge in [-0.25, -0.2) is 9.97 Å². The average Bonchev–Trinajstić information content (AvgIpc) is 2.95. The number of anilines is 1. The Balaban J connectivity index is 1.66. The number of aromatic nitrogens is 2. The molecule has 1 amide bonds. The number of benzene rings is 1. The molecule has 136 valence electrons. The number of nitrogens with zero attached hydrogens (tertiary/aromatic N) is 2. The molecule has 0 bridgehead atoms. The fourth-order valence-electron chi connectivity index (χ4n) is 2.65. The van der Waals surface area contributed by atoms with Crippen molar-refractivity contribution in [3.63, 3.8) is 0 Å². The van der Waals surface area contributed by atoms with Crippen LogP contribution in [0.5, 0.6) is 5.75 Å². The van der Waals surface area contributed by atoms with Gasteiger partial charge in [0, 0.05) is 11.4 Å². The van der Waals surface area contributed by atoms with Gasteiger partial charge in [0.25, 0.3) is 0 Å². The van der Waals surface area contributed by atoms with Gasteiger partial charge in [0.15, 0.2) is 0 Å². The van der Waals surface area contributed by atoms with Crippen LogP contribution in [0, 0.1) is 13.8 Å². The third-order valence-electron chi connectivity index (χ3n) is 4.34. The van der Waals surface area contributed by atoms with Crippen LogP contribution < -0.4 is 15.4 Å². The summed E-state index contributed by atoms with van der Waals surface area (Å²) in [6, 6.07) is 7.21. The largest absolute Gasteiger partial charge is 0.497 e. The third kappa shape index (κ3) is 3.77. The number of methoxy groups -OCH3 is 1. The zero-order chi connectivity index (χ0) is 18.7. The molecule has 0 spiro atoms. The maximum Gasteiger partial charge on any atom is 0.242 e. The number of fused-ring (bicyclic) bond motifs is 1. The van der Waals surface area contributed by atoms with Gasteiger partial charge in [-0.2, -0.15) is 0 Å². The van der Waals surface area contributed by atoms with E-state index in [-0.39, 0.29) is 5.91 Å². The second-order valence-electron chi connectivity index (χ2n) is 6.12. The van der Waals surface area contributed by atoms with Crippen LogP contribution in [0.1, 0.15) is 22.9 Å². The number of hydrogen-bond acceptors (Lipinski definition) is 6. The lowest BCUT2D eigenvalue weighted by molar-refractivity contribution is -0.121. The van der Waals surface area contributed by atoms with E-state index in [1.165, 1.54) is 11.2 Å². The molecule has 0 saturated carbocycles. The molecule has 3 aromatic rings. The summed E-state index contributed by atoms with van der Waals surface area (Å²) < 4.78 is 5.14. The van der Waals surface area contributed by atoms with Gasteiger partial charge in [-0.1, -0.05) is 12.1 Å². The lowest BCUT2D eigenvalue weighted by atomic mass is 10.2. The third-order valence-corrected chi connectivity index (χ3v) is 5.45. The molecule has 2 aromatic heterocycles. The lowest BCUT2D eigenvalue weighted by Crippen LogP contribution is -2.37. The van der Waals surface area contributed by atoms with E-state index in [0.717, 1.165) is 27.1 Å². The molecule has 1 atom stereocenters. The van der Waals surface area contributed by atoms with E-state index in [0.29, 0.717) is 12.4 Å². The van der Waals surface area contributed by atoms with Crippen molar-refractivity contribution in [3.05, 3.63) is 46.6 Å². The van der Waals surface area contributed by atoms with Crippen LogP contribution >= 0.6 is 11.3 Å². The maximum absolute atomic E-state index is 12.4. The molecule has 6 nitrogen and oxygen atoms in total. The number of nitrogens with one attached hydrogen (secondary N) is 2. The first-order valence-corrected chi connectivity index (χ1v) is 9.19. The van der Waals surface area contributed by atoms with Gasteiger partial charge >= 0.3 is 0 Å². The second kappa shape index (κ2) is 7.70. The number of aryl methyl sites for hydroxylation is 2. The van der Waals surface area contributed by atoms with Crippen LogP contribution in [0.3, 0.4) is 0 Å². The van der Waals surface area contributed by atoms with Crippen molar-refractivity contribution in [1.29, 1.82) is 0 Å². The summed E-state index contributed by atoms with van der Waals surface area (Å²) in [5, 5.41) is 7.15. The van der Waals surface area contributed by atoms with Gasteiger partial charge in [-0.05, 0) is 44.0 Å². The topological polar surface area (TPSA) is 76.1 Å². The summed E-state index contributed by atoms with van der Waals surface area (Å²) in [6.07, 6.45) is 1.53. The smallest absolute Gasteiger partial charge is 0.242 e. The summed E-state index contributed by atoms with van der Waals surface area (Å²) in [4.78, 5) is 23.2. The number of ether oxygens (including phenoxy) is 1. The van der Waals surface area contributed by atoms with Gasteiger partial charge in [-0.15, -0.1) is 11.3 Å². The summed E-state index contributed by atoms with van der Waals surface area (Å²) in [5.74, 6) is 1.41. The summed E-state index contributed by atoms with van der Waals surface area (Å²) in [6.45, 7) is 6.41. The van der Waals surface area contributed by atoms with E-state index in [4.69, 9.17) is 4.74 Å². The average molecular weight is 370 g/mol. The number of carbonyl (C=O) groups excluding carboxylic acids is 1. The molecule has 0 aliphatic carbocycles. The number of thiophene rings is 1. The zero-order valence-electron chi connectivity index (χ0n) is 15.3. The Kier molecular flexibility index (Phi) is 5.37. The Morgan fingerprint density at radius 3 is 2.65 bits per heavy atom. The van der Waals surface area contributed by atoms with E-state index in [9.17, 15) is 4.79 Å². The Hall–Kier alpha value is -2.67. The minimum atomic E-state index is -0.411. The molecule has 0 aliphatic rings. The standard InChI is InChI=1S/C19H22N4O2S/c1-11-13(3)26-19-16(11)17(21-10-22-19)23-12(2)18(24)20-9-14-5-7-15(25-4)8-6-14/h5-8,10,12H,9H2,1-4H3,(H,20,24)(H,21,22,23)/t12-/m1/s1. The quantitative estimate of drug-likeness (QED) is 0.695. The highest BCUT2D eigenvalue weighted by Crippen LogP contribution is 2.32. The van der Waals surface area contributed by atoms with Crippen molar-refractivity contribution in [2.24, 2.45) is 0 Å². The molecule has 26 heavy (non-hydrogen) atoms. The molecule has 7 heteroatoms. The normalized spacial score (nSPS) is 12.0. The zero-order valence-corrected chi connectivity index (χ0v) is 16.1.